The Morgan fingerprint density at radius 1 is 1.30 bits per heavy atom. The molecule has 1 fully saturated rings. The van der Waals surface area contributed by atoms with Gasteiger partial charge in [0, 0.05) is 25.1 Å². The van der Waals surface area contributed by atoms with Gasteiger partial charge >= 0.3 is 0 Å². The average Bonchev–Trinajstić information content (AvgIpc) is 2.95. The highest BCUT2D eigenvalue weighted by molar-refractivity contribution is 7.89. The lowest BCUT2D eigenvalue weighted by atomic mass is 10.1. The van der Waals surface area contributed by atoms with E-state index in [2.05, 4.69) is 11.8 Å². The van der Waals surface area contributed by atoms with Gasteiger partial charge in [-0.2, -0.15) is 4.31 Å². The van der Waals surface area contributed by atoms with Crippen LogP contribution in [0.15, 0.2) is 23.1 Å². The summed E-state index contributed by atoms with van der Waals surface area (Å²) in [5, 5.41) is 8.70. The highest BCUT2D eigenvalue weighted by Crippen LogP contribution is 2.22. The van der Waals surface area contributed by atoms with Gasteiger partial charge in [0.05, 0.1) is 11.5 Å². The van der Waals surface area contributed by atoms with Crippen LogP contribution < -0.4 is 0 Å². The first kappa shape index (κ1) is 15.0. The molecule has 1 heterocycles. The SMILES string of the molecule is Cc1cc(S(=O)(=O)N2CCCC2)ccc1C#CCCO. The first-order valence-electron chi connectivity index (χ1n) is 6.76. The maximum Gasteiger partial charge on any atom is 0.243 e. The number of hydrogen-bond acceptors (Lipinski definition) is 3. The Bertz CT molecular complexity index is 635. The third kappa shape index (κ3) is 3.21. The Labute approximate surface area is 120 Å². The van der Waals surface area contributed by atoms with Gasteiger partial charge < -0.3 is 5.11 Å². The summed E-state index contributed by atoms with van der Waals surface area (Å²) in [7, 11) is -3.36. The van der Waals surface area contributed by atoms with Gasteiger partial charge in [-0.25, -0.2) is 8.42 Å². The number of aliphatic hydroxyl groups excluding tert-OH is 1. The zero-order valence-electron chi connectivity index (χ0n) is 11.6. The van der Waals surface area contributed by atoms with Gasteiger partial charge in [0.1, 0.15) is 0 Å². The largest absolute Gasteiger partial charge is 0.395 e. The second-order valence-electron chi connectivity index (χ2n) is 4.86. The van der Waals surface area contributed by atoms with Crippen molar-refractivity contribution in [3.63, 3.8) is 0 Å². The van der Waals surface area contributed by atoms with Crippen LogP contribution in [0.4, 0.5) is 0 Å². The van der Waals surface area contributed by atoms with Gasteiger partial charge in [0.2, 0.25) is 10.0 Å². The Hall–Kier alpha value is -1.35. The Kier molecular flexibility index (Phi) is 4.81. The van der Waals surface area contributed by atoms with Crippen LogP contribution in [0.5, 0.6) is 0 Å². The van der Waals surface area contributed by atoms with Crippen molar-refractivity contribution in [3.8, 4) is 11.8 Å². The molecule has 0 radical (unpaired) electrons. The zero-order valence-corrected chi connectivity index (χ0v) is 12.4. The first-order chi connectivity index (χ1) is 9.55. The normalized spacial score (nSPS) is 15.9. The molecule has 0 unspecified atom stereocenters. The molecular weight excluding hydrogens is 274 g/mol. The monoisotopic (exact) mass is 293 g/mol. The molecule has 108 valence electrons. The molecule has 1 aliphatic heterocycles. The van der Waals surface area contributed by atoms with E-state index in [0.29, 0.717) is 24.4 Å². The summed E-state index contributed by atoms with van der Waals surface area (Å²) in [5.41, 5.74) is 1.65. The summed E-state index contributed by atoms with van der Waals surface area (Å²) in [4.78, 5) is 0.338. The molecule has 0 amide bonds. The van der Waals surface area contributed by atoms with Crippen LogP contribution in [-0.2, 0) is 10.0 Å². The molecule has 5 heteroatoms. The van der Waals surface area contributed by atoms with E-state index in [1.807, 2.05) is 6.92 Å². The molecule has 0 aromatic heterocycles. The summed E-state index contributed by atoms with van der Waals surface area (Å²) < 4.78 is 26.4. The van der Waals surface area contributed by atoms with Crippen molar-refractivity contribution in [3.05, 3.63) is 29.3 Å². The maximum atomic E-state index is 12.4. The van der Waals surface area contributed by atoms with E-state index >= 15 is 0 Å². The summed E-state index contributed by atoms with van der Waals surface area (Å²) >= 11 is 0. The van der Waals surface area contributed by atoms with Crippen LogP contribution >= 0.6 is 0 Å². The minimum absolute atomic E-state index is 0.0352. The molecule has 20 heavy (non-hydrogen) atoms. The Balaban J connectivity index is 2.27. The van der Waals surface area contributed by atoms with Crippen LogP contribution in [0.1, 0.15) is 30.4 Å². The molecule has 0 aliphatic carbocycles. The van der Waals surface area contributed by atoms with E-state index in [1.165, 1.54) is 0 Å². The maximum absolute atomic E-state index is 12.4. The lowest BCUT2D eigenvalue weighted by Crippen LogP contribution is -2.27. The van der Waals surface area contributed by atoms with E-state index < -0.39 is 10.0 Å². The van der Waals surface area contributed by atoms with Crippen molar-refractivity contribution in [1.82, 2.24) is 4.31 Å². The highest BCUT2D eigenvalue weighted by atomic mass is 32.2. The fourth-order valence-corrected chi connectivity index (χ4v) is 3.83. The number of aliphatic hydroxyl groups is 1. The average molecular weight is 293 g/mol. The quantitative estimate of drug-likeness (QED) is 0.860. The van der Waals surface area contributed by atoms with Crippen molar-refractivity contribution < 1.29 is 13.5 Å². The van der Waals surface area contributed by atoms with Crippen molar-refractivity contribution >= 4 is 10.0 Å². The minimum atomic E-state index is -3.36. The molecule has 0 saturated carbocycles. The lowest BCUT2D eigenvalue weighted by molar-refractivity contribution is 0.305. The fourth-order valence-electron chi connectivity index (χ4n) is 2.23. The topological polar surface area (TPSA) is 57.6 Å². The third-order valence-electron chi connectivity index (χ3n) is 3.36. The van der Waals surface area contributed by atoms with Gasteiger partial charge in [-0.1, -0.05) is 11.8 Å². The predicted octanol–water partition coefficient (Wildman–Crippen LogP) is 1.51. The number of aryl methyl sites for hydroxylation is 1. The van der Waals surface area contributed by atoms with Gasteiger partial charge in [-0.05, 0) is 43.5 Å². The predicted molar refractivity (Wildman–Crippen MR) is 77.8 cm³/mol. The van der Waals surface area contributed by atoms with Crippen molar-refractivity contribution in [1.29, 1.82) is 0 Å². The molecular formula is C15H19NO3S. The number of rotatable bonds is 3. The molecule has 1 aromatic carbocycles. The standard InChI is InChI=1S/C15H19NO3S/c1-13-12-15(8-7-14(13)6-2-5-11-17)20(18,19)16-9-3-4-10-16/h7-8,12,17H,3-5,9-11H2,1H3. The van der Waals surface area contributed by atoms with Crippen molar-refractivity contribution in [2.75, 3.05) is 19.7 Å². The lowest BCUT2D eigenvalue weighted by Gasteiger charge is -2.16. The third-order valence-corrected chi connectivity index (χ3v) is 5.26. The fraction of sp³-hybridized carbons (Fsp3) is 0.467. The van der Waals surface area contributed by atoms with Crippen LogP contribution in [0.3, 0.4) is 0 Å². The van der Waals surface area contributed by atoms with E-state index in [-0.39, 0.29) is 6.61 Å². The molecule has 0 atom stereocenters. The molecule has 0 bridgehead atoms. The molecule has 2 rings (SSSR count). The first-order valence-corrected chi connectivity index (χ1v) is 8.20. The minimum Gasteiger partial charge on any atom is -0.395 e. The van der Waals surface area contributed by atoms with E-state index in [0.717, 1.165) is 24.0 Å². The Morgan fingerprint density at radius 3 is 2.60 bits per heavy atom. The summed E-state index contributed by atoms with van der Waals surface area (Å²) in [6.45, 7) is 3.11. The van der Waals surface area contributed by atoms with Crippen LogP contribution in [-0.4, -0.2) is 37.5 Å². The number of benzene rings is 1. The van der Waals surface area contributed by atoms with E-state index in [9.17, 15) is 8.42 Å². The molecule has 1 aromatic rings. The van der Waals surface area contributed by atoms with Crippen LogP contribution in [0.2, 0.25) is 0 Å². The second kappa shape index (κ2) is 6.40. The molecule has 1 saturated heterocycles. The van der Waals surface area contributed by atoms with E-state index in [4.69, 9.17) is 5.11 Å². The number of sulfonamides is 1. The van der Waals surface area contributed by atoms with Crippen molar-refractivity contribution in [2.24, 2.45) is 0 Å². The summed E-state index contributed by atoms with van der Waals surface area (Å²) in [6.07, 6.45) is 2.29. The van der Waals surface area contributed by atoms with Crippen molar-refractivity contribution in [2.45, 2.75) is 31.1 Å². The van der Waals surface area contributed by atoms with E-state index in [1.54, 1.807) is 22.5 Å². The van der Waals surface area contributed by atoms with Crippen LogP contribution in [0, 0.1) is 18.8 Å². The molecule has 0 spiro atoms. The second-order valence-corrected chi connectivity index (χ2v) is 6.80. The summed E-state index contributed by atoms with van der Waals surface area (Å²) in [6, 6.07) is 5.03. The Morgan fingerprint density at radius 2 is 2.00 bits per heavy atom. The van der Waals surface area contributed by atoms with Gasteiger partial charge in [-0.15, -0.1) is 0 Å². The van der Waals surface area contributed by atoms with Gasteiger partial charge in [0.25, 0.3) is 0 Å². The van der Waals surface area contributed by atoms with Gasteiger partial charge in [0.15, 0.2) is 0 Å². The molecule has 1 aliphatic rings. The summed E-state index contributed by atoms with van der Waals surface area (Å²) in [5.74, 6) is 5.79. The van der Waals surface area contributed by atoms with Crippen LogP contribution in [0.25, 0.3) is 0 Å². The zero-order chi connectivity index (χ0) is 14.6. The smallest absolute Gasteiger partial charge is 0.243 e. The van der Waals surface area contributed by atoms with Gasteiger partial charge in [-0.3, -0.25) is 0 Å². The molecule has 1 N–H and O–H groups in total. The number of nitrogens with zero attached hydrogens (tertiary/aromatic N) is 1. The molecule has 4 nitrogen and oxygen atoms in total. The highest BCUT2D eigenvalue weighted by Gasteiger charge is 2.27. The number of hydrogen-bond donors (Lipinski definition) is 1.